The van der Waals surface area contributed by atoms with E-state index in [0.29, 0.717) is 24.3 Å². The summed E-state index contributed by atoms with van der Waals surface area (Å²) in [6.07, 6.45) is 2.37. The normalized spacial score (nSPS) is 40.7. The van der Waals surface area contributed by atoms with Crippen molar-refractivity contribution in [3.05, 3.63) is 35.9 Å². The zero-order chi connectivity index (χ0) is 16.9. The number of quaternary nitrogens is 1. The molecule has 5 heteroatoms. The van der Waals surface area contributed by atoms with Crippen LogP contribution >= 0.6 is 0 Å². The lowest BCUT2D eigenvalue weighted by molar-refractivity contribution is -0.954. The van der Waals surface area contributed by atoms with E-state index in [1.54, 1.807) is 0 Å². The summed E-state index contributed by atoms with van der Waals surface area (Å²) in [5.74, 6) is -0.904. The maximum absolute atomic E-state index is 12.6. The molecule has 130 valence electrons. The monoisotopic (exact) mass is 332 g/mol. The lowest BCUT2D eigenvalue weighted by atomic mass is 9.95. The zero-order valence-electron chi connectivity index (χ0n) is 14.3. The number of likely N-dealkylation sites (N-methyl/N-ethyl adjacent to an activating group) is 1. The zero-order valence-corrected chi connectivity index (χ0v) is 14.3. The minimum Gasteiger partial charge on any atom is -0.461 e. The summed E-state index contributed by atoms with van der Waals surface area (Å²) < 4.78 is 12.7. The number of rotatable bonds is 5. The minimum absolute atomic E-state index is 0.0561. The van der Waals surface area contributed by atoms with Crippen molar-refractivity contribution >= 4 is 5.97 Å². The van der Waals surface area contributed by atoms with Crippen molar-refractivity contribution in [2.24, 2.45) is 0 Å². The molecule has 1 N–H and O–H groups in total. The molecule has 2 bridgehead atoms. The van der Waals surface area contributed by atoms with Crippen molar-refractivity contribution in [2.45, 2.75) is 56.1 Å². The molecule has 0 spiro atoms. The first-order valence-electron chi connectivity index (χ1n) is 8.95. The fourth-order valence-corrected chi connectivity index (χ4v) is 4.87. The van der Waals surface area contributed by atoms with Gasteiger partial charge in [0.25, 0.3) is 0 Å². The molecule has 3 fully saturated rings. The van der Waals surface area contributed by atoms with E-state index in [-0.39, 0.29) is 18.7 Å². The molecule has 0 saturated carbocycles. The molecule has 0 radical (unpaired) electrons. The number of carbonyl (C=O) groups excluding carboxylic acids is 1. The number of fused-ring (bicyclic) bond motifs is 5. The van der Waals surface area contributed by atoms with Gasteiger partial charge >= 0.3 is 5.97 Å². The third-order valence-electron chi connectivity index (χ3n) is 6.48. The maximum atomic E-state index is 12.6. The number of ether oxygens (including phenoxy) is 2. The number of aliphatic hydroxyl groups is 1. The molecule has 1 aromatic rings. The van der Waals surface area contributed by atoms with Gasteiger partial charge in [-0.2, -0.15) is 0 Å². The van der Waals surface area contributed by atoms with E-state index in [4.69, 9.17) is 9.47 Å². The van der Waals surface area contributed by atoms with Gasteiger partial charge in [-0.3, -0.25) is 4.79 Å². The largest absolute Gasteiger partial charge is 0.461 e. The first-order valence-corrected chi connectivity index (χ1v) is 8.95. The summed E-state index contributed by atoms with van der Waals surface area (Å²) in [5.41, 5.74) is 0.809. The van der Waals surface area contributed by atoms with Crippen LogP contribution in [0.25, 0.3) is 0 Å². The van der Waals surface area contributed by atoms with Crippen LogP contribution in [0.15, 0.2) is 30.3 Å². The van der Waals surface area contributed by atoms with Crippen molar-refractivity contribution < 1.29 is 23.9 Å². The van der Waals surface area contributed by atoms with Crippen LogP contribution in [0.2, 0.25) is 0 Å². The smallest absolute Gasteiger partial charge is 0.316 e. The molecule has 5 nitrogen and oxygen atoms in total. The number of aliphatic hydroxyl groups excluding tert-OH is 1. The highest BCUT2D eigenvalue weighted by molar-refractivity contribution is 5.78. The molecule has 3 saturated heterocycles. The Hall–Kier alpha value is -1.43. The van der Waals surface area contributed by atoms with E-state index in [9.17, 15) is 9.90 Å². The highest BCUT2D eigenvalue weighted by atomic mass is 16.6. The van der Waals surface area contributed by atoms with E-state index >= 15 is 0 Å². The van der Waals surface area contributed by atoms with Gasteiger partial charge in [-0.25, -0.2) is 0 Å². The van der Waals surface area contributed by atoms with Crippen molar-refractivity contribution in [1.29, 1.82) is 0 Å². The number of hydrogen-bond donors (Lipinski definition) is 1. The summed E-state index contributed by atoms with van der Waals surface area (Å²) in [6.45, 7) is 3.10. The number of hydrogen-bond acceptors (Lipinski definition) is 4. The van der Waals surface area contributed by atoms with E-state index in [2.05, 4.69) is 14.0 Å². The molecule has 3 heterocycles. The minimum atomic E-state index is -0.594. The van der Waals surface area contributed by atoms with Crippen molar-refractivity contribution in [3.8, 4) is 0 Å². The number of epoxide rings is 1. The van der Waals surface area contributed by atoms with E-state index < -0.39 is 5.92 Å². The Kier molecular flexibility index (Phi) is 3.90. The number of esters is 1. The first kappa shape index (κ1) is 16.1. The van der Waals surface area contributed by atoms with Crippen LogP contribution in [0.5, 0.6) is 0 Å². The van der Waals surface area contributed by atoms with Crippen LogP contribution in [-0.4, -0.2) is 66.2 Å². The standard InChI is InChI=1S/C19H26NO4/c1-3-20(2)15-9-13(10-16(20)18-17(15)24-18)23-19(22)14(11-21)12-7-5-4-6-8-12/h4-8,13-18,21H,3,9-11H2,1-2H3/q+1/t13?,14-,15-,16+,17+,18-,20?/m1/s1. The van der Waals surface area contributed by atoms with Crippen LogP contribution in [0, 0.1) is 0 Å². The maximum Gasteiger partial charge on any atom is 0.316 e. The number of nitrogens with zero attached hydrogens (tertiary/aromatic N) is 1. The Morgan fingerprint density at radius 2 is 1.92 bits per heavy atom. The summed E-state index contributed by atoms with van der Waals surface area (Å²) in [7, 11) is 2.31. The Balaban J connectivity index is 1.44. The lowest BCUT2D eigenvalue weighted by Gasteiger charge is -2.47. The van der Waals surface area contributed by atoms with Crippen molar-refractivity contribution in [1.82, 2.24) is 0 Å². The second-order valence-electron chi connectivity index (χ2n) is 7.54. The molecule has 7 atom stereocenters. The summed E-state index contributed by atoms with van der Waals surface area (Å²) in [4.78, 5) is 12.6. The van der Waals surface area contributed by atoms with E-state index in [0.717, 1.165) is 29.4 Å². The average molecular weight is 332 g/mol. The molecular weight excluding hydrogens is 306 g/mol. The van der Waals surface area contributed by atoms with Crippen LogP contribution in [0.3, 0.4) is 0 Å². The number of benzene rings is 1. The predicted octanol–water partition coefficient (Wildman–Crippen LogP) is 1.45. The van der Waals surface area contributed by atoms with Crippen LogP contribution in [0.4, 0.5) is 0 Å². The average Bonchev–Trinajstić information content (AvgIpc) is 3.35. The molecular formula is C19H26NO4+. The third kappa shape index (κ3) is 2.38. The van der Waals surface area contributed by atoms with Gasteiger partial charge in [0.15, 0.2) is 0 Å². The predicted molar refractivity (Wildman–Crippen MR) is 88.3 cm³/mol. The molecule has 0 aliphatic carbocycles. The molecule has 0 aromatic heterocycles. The number of carbonyl (C=O) groups is 1. The Morgan fingerprint density at radius 3 is 2.46 bits per heavy atom. The van der Waals surface area contributed by atoms with Gasteiger partial charge in [0.2, 0.25) is 0 Å². The molecule has 3 aliphatic heterocycles. The van der Waals surface area contributed by atoms with Gasteiger partial charge in [0.05, 0.1) is 20.2 Å². The fourth-order valence-electron chi connectivity index (χ4n) is 4.87. The number of morpholine rings is 1. The van der Waals surface area contributed by atoms with Gasteiger partial charge in [-0.1, -0.05) is 30.3 Å². The molecule has 24 heavy (non-hydrogen) atoms. The fraction of sp³-hybridized carbons (Fsp3) is 0.632. The summed E-state index contributed by atoms with van der Waals surface area (Å²) >= 11 is 0. The second-order valence-corrected chi connectivity index (χ2v) is 7.54. The highest BCUT2D eigenvalue weighted by Crippen LogP contribution is 2.52. The van der Waals surface area contributed by atoms with Gasteiger partial charge < -0.3 is 19.1 Å². The molecule has 0 amide bonds. The summed E-state index contributed by atoms with van der Waals surface area (Å²) in [6, 6.07) is 10.2. The van der Waals surface area contributed by atoms with Gasteiger partial charge in [-0.05, 0) is 12.5 Å². The van der Waals surface area contributed by atoms with Gasteiger partial charge in [-0.15, -0.1) is 0 Å². The third-order valence-corrected chi connectivity index (χ3v) is 6.48. The highest BCUT2D eigenvalue weighted by Gasteiger charge is 2.71. The SMILES string of the molecule is CC[N+]1(C)[C@@H]2CC(OC(=O)[C@H](CO)c3ccccc3)C[C@H]1[C@H]1O[C@H]12. The topological polar surface area (TPSA) is 59.1 Å². The quantitative estimate of drug-likeness (QED) is 0.504. The van der Waals surface area contributed by atoms with Gasteiger partial charge in [0.1, 0.15) is 36.3 Å². The van der Waals surface area contributed by atoms with Crippen molar-refractivity contribution in [2.75, 3.05) is 20.2 Å². The molecule has 2 unspecified atom stereocenters. The van der Waals surface area contributed by atoms with Crippen LogP contribution in [0.1, 0.15) is 31.2 Å². The summed E-state index contributed by atoms with van der Waals surface area (Å²) in [5, 5.41) is 9.64. The van der Waals surface area contributed by atoms with Crippen molar-refractivity contribution in [3.63, 3.8) is 0 Å². The van der Waals surface area contributed by atoms with E-state index in [1.165, 1.54) is 0 Å². The second kappa shape index (κ2) is 5.83. The van der Waals surface area contributed by atoms with Crippen LogP contribution < -0.4 is 0 Å². The number of piperidine rings is 1. The Bertz CT molecular complexity index is 601. The lowest BCUT2D eigenvalue weighted by Crippen LogP contribution is -2.62. The Morgan fingerprint density at radius 1 is 1.29 bits per heavy atom. The molecule has 1 aromatic carbocycles. The van der Waals surface area contributed by atoms with E-state index in [1.807, 2.05) is 30.3 Å². The van der Waals surface area contributed by atoms with Crippen LogP contribution in [-0.2, 0) is 14.3 Å². The Labute approximate surface area is 142 Å². The molecule has 4 rings (SSSR count). The van der Waals surface area contributed by atoms with Gasteiger partial charge in [0, 0.05) is 12.8 Å². The first-order chi connectivity index (χ1) is 11.6. The molecule has 3 aliphatic rings.